The zero-order valence-corrected chi connectivity index (χ0v) is 16.8. The Morgan fingerprint density at radius 1 is 1.21 bits per heavy atom. The van der Waals surface area contributed by atoms with Crippen LogP contribution in [-0.4, -0.2) is 47.9 Å². The van der Waals surface area contributed by atoms with Gasteiger partial charge >= 0.3 is 0 Å². The predicted molar refractivity (Wildman–Crippen MR) is 106 cm³/mol. The third kappa shape index (κ3) is 3.72. The molecule has 1 aliphatic rings. The third-order valence-corrected chi connectivity index (χ3v) is 6.07. The number of quaternary nitrogens is 1. The highest BCUT2D eigenvalue weighted by Gasteiger charge is 2.45. The molecule has 148 valence electrons. The van der Waals surface area contributed by atoms with Crippen LogP contribution >= 0.6 is 11.3 Å². The fourth-order valence-electron chi connectivity index (χ4n) is 3.56. The fraction of sp³-hybridized carbons (Fsp3) is 0.333. The first-order valence-electron chi connectivity index (χ1n) is 9.39. The highest BCUT2D eigenvalue weighted by Crippen LogP contribution is 2.40. The largest absolute Gasteiger partial charge is 0.503 e. The van der Waals surface area contributed by atoms with Crippen LogP contribution in [0.25, 0.3) is 0 Å². The number of carbonyl (C=O) groups is 2. The minimum absolute atomic E-state index is 0.0490. The summed E-state index contributed by atoms with van der Waals surface area (Å²) < 4.78 is 14.6. The van der Waals surface area contributed by atoms with Gasteiger partial charge in [-0.2, -0.15) is 0 Å². The van der Waals surface area contributed by atoms with Gasteiger partial charge < -0.3 is 14.9 Å². The Kier molecular flexibility index (Phi) is 6.26. The summed E-state index contributed by atoms with van der Waals surface area (Å²) in [4.78, 5) is 29.0. The Bertz CT molecular complexity index is 891. The van der Waals surface area contributed by atoms with Gasteiger partial charge in [0.05, 0.1) is 42.7 Å². The maximum atomic E-state index is 14.6. The van der Waals surface area contributed by atoms with Gasteiger partial charge in [0.15, 0.2) is 5.76 Å². The smallest absolute Gasteiger partial charge is 0.290 e. The molecule has 1 aromatic carbocycles. The standard InChI is InChI=1S/C21H23FN2O3S/c1-3-23(4-2)11-12-24-18(14-8-5-6-9-15(14)22)17(20(26)21(24)27)19(25)16-10-7-13-28-16/h5-10,13,18,26H,3-4,11-12H2,1-2H3/p+1/t18-/m0/s1. The normalized spacial score (nSPS) is 17.1. The number of hydrogen-bond donors (Lipinski definition) is 2. The zero-order valence-electron chi connectivity index (χ0n) is 15.9. The van der Waals surface area contributed by atoms with E-state index in [1.165, 1.54) is 27.2 Å². The third-order valence-electron chi connectivity index (χ3n) is 5.20. The molecule has 0 spiro atoms. The maximum absolute atomic E-state index is 14.6. The summed E-state index contributed by atoms with van der Waals surface area (Å²) in [6.45, 7) is 6.87. The van der Waals surface area contributed by atoms with Crippen LogP contribution in [0.15, 0.2) is 53.1 Å². The average molecular weight is 403 g/mol. The van der Waals surface area contributed by atoms with Crippen LogP contribution in [0.2, 0.25) is 0 Å². The van der Waals surface area contributed by atoms with E-state index in [1.54, 1.807) is 35.7 Å². The lowest BCUT2D eigenvalue weighted by Gasteiger charge is -2.28. The van der Waals surface area contributed by atoms with Crippen molar-refractivity contribution in [3.05, 3.63) is 69.4 Å². The predicted octanol–water partition coefficient (Wildman–Crippen LogP) is 2.39. The molecule has 0 aliphatic carbocycles. The Labute approximate surface area is 167 Å². The second-order valence-corrected chi connectivity index (χ2v) is 7.65. The number of halogens is 1. The Balaban J connectivity index is 2.03. The van der Waals surface area contributed by atoms with Gasteiger partial charge in [-0.25, -0.2) is 4.39 Å². The zero-order chi connectivity index (χ0) is 20.3. The molecule has 0 radical (unpaired) electrons. The van der Waals surface area contributed by atoms with Gasteiger partial charge in [-0.15, -0.1) is 11.3 Å². The monoisotopic (exact) mass is 403 g/mol. The van der Waals surface area contributed by atoms with Crippen molar-refractivity contribution in [2.24, 2.45) is 0 Å². The van der Waals surface area contributed by atoms with E-state index in [2.05, 4.69) is 13.8 Å². The molecule has 0 saturated carbocycles. The van der Waals surface area contributed by atoms with Crippen LogP contribution in [0.3, 0.4) is 0 Å². The molecular weight excluding hydrogens is 379 g/mol. The van der Waals surface area contributed by atoms with Crippen molar-refractivity contribution >= 4 is 23.0 Å². The Morgan fingerprint density at radius 3 is 2.54 bits per heavy atom. The van der Waals surface area contributed by atoms with Gasteiger partial charge in [-0.05, 0) is 31.4 Å². The summed E-state index contributed by atoms with van der Waals surface area (Å²) in [6, 6.07) is 8.52. The highest BCUT2D eigenvalue weighted by molar-refractivity contribution is 7.12. The molecule has 3 rings (SSSR count). The van der Waals surface area contributed by atoms with E-state index in [1.807, 2.05) is 0 Å². The van der Waals surface area contributed by atoms with E-state index in [9.17, 15) is 19.1 Å². The van der Waals surface area contributed by atoms with Gasteiger partial charge in [0.25, 0.3) is 5.91 Å². The minimum atomic E-state index is -0.932. The maximum Gasteiger partial charge on any atom is 0.290 e. The molecule has 2 N–H and O–H groups in total. The summed E-state index contributed by atoms with van der Waals surface area (Å²) in [5.41, 5.74) is 0.168. The molecule has 7 heteroatoms. The number of likely N-dealkylation sites (N-methyl/N-ethyl adjacent to an activating group) is 1. The number of ketones is 1. The molecule has 5 nitrogen and oxygen atoms in total. The molecule has 0 saturated heterocycles. The van der Waals surface area contributed by atoms with Crippen molar-refractivity contribution in [3.63, 3.8) is 0 Å². The van der Waals surface area contributed by atoms with Crippen molar-refractivity contribution in [1.82, 2.24) is 4.90 Å². The lowest BCUT2D eigenvalue weighted by Crippen LogP contribution is -3.12. The number of thiophene rings is 1. The van der Waals surface area contributed by atoms with Crippen molar-refractivity contribution in [2.75, 3.05) is 26.2 Å². The number of carbonyl (C=O) groups excluding carboxylic acids is 2. The quantitative estimate of drug-likeness (QED) is 0.666. The van der Waals surface area contributed by atoms with Crippen LogP contribution in [0.1, 0.15) is 35.1 Å². The van der Waals surface area contributed by atoms with E-state index in [-0.39, 0.29) is 11.1 Å². The summed E-state index contributed by atoms with van der Waals surface area (Å²) in [6.07, 6.45) is 0. The average Bonchev–Trinajstić information content (AvgIpc) is 3.31. The molecule has 28 heavy (non-hydrogen) atoms. The van der Waals surface area contributed by atoms with E-state index in [0.29, 0.717) is 18.0 Å². The van der Waals surface area contributed by atoms with Crippen molar-refractivity contribution in [2.45, 2.75) is 19.9 Å². The number of nitrogens with zero attached hydrogens (tertiary/aromatic N) is 1. The highest BCUT2D eigenvalue weighted by atomic mass is 32.1. The van der Waals surface area contributed by atoms with Crippen molar-refractivity contribution in [3.8, 4) is 0 Å². The van der Waals surface area contributed by atoms with E-state index >= 15 is 0 Å². The van der Waals surface area contributed by atoms with Crippen molar-refractivity contribution in [1.29, 1.82) is 0 Å². The molecule has 0 bridgehead atoms. The molecule has 2 heterocycles. The first-order valence-corrected chi connectivity index (χ1v) is 10.3. The number of rotatable bonds is 8. The minimum Gasteiger partial charge on any atom is -0.503 e. The Hall–Kier alpha value is -2.51. The number of hydrogen-bond acceptors (Lipinski definition) is 4. The molecule has 2 aromatic rings. The van der Waals surface area contributed by atoms with E-state index in [4.69, 9.17) is 0 Å². The lowest BCUT2D eigenvalue weighted by atomic mass is 9.95. The number of benzene rings is 1. The molecule has 1 aromatic heterocycles. The number of aliphatic hydroxyl groups is 1. The van der Waals surface area contributed by atoms with Crippen LogP contribution in [0.4, 0.5) is 4.39 Å². The fourth-order valence-corrected chi connectivity index (χ4v) is 4.24. The number of aliphatic hydroxyl groups excluding tert-OH is 1. The summed E-state index contributed by atoms with van der Waals surface area (Å²) in [7, 11) is 0. The SMILES string of the molecule is CC[NH+](CC)CCN1C(=O)C(O)=C(C(=O)c2cccs2)[C@@H]1c1ccccc1F. The summed E-state index contributed by atoms with van der Waals surface area (Å²) >= 11 is 1.23. The van der Waals surface area contributed by atoms with Gasteiger partial charge in [-0.3, -0.25) is 9.59 Å². The van der Waals surface area contributed by atoms with Gasteiger partial charge in [-0.1, -0.05) is 24.3 Å². The second-order valence-electron chi connectivity index (χ2n) is 6.70. The first kappa shape index (κ1) is 20.2. The second kappa shape index (κ2) is 8.67. The van der Waals surface area contributed by atoms with Gasteiger partial charge in [0, 0.05) is 5.56 Å². The number of Topliss-reactive ketones (excluding diaryl/α,β-unsaturated/α-hetero) is 1. The van der Waals surface area contributed by atoms with Gasteiger partial charge in [0.1, 0.15) is 5.82 Å². The Morgan fingerprint density at radius 2 is 1.93 bits per heavy atom. The van der Waals surface area contributed by atoms with Gasteiger partial charge in [0.2, 0.25) is 5.78 Å². The number of amides is 1. The van der Waals surface area contributed by atoms with Crippen LogP contribution in [0, 0.1) is 5.82 Å². The number of nitrogens with one attached hydrogen (secondary N) is 1. The molecular formula is C21H24FN2O3S+. The molecule has 1 aliphatic heterocycles. The molecule has 0 unspecified atom stereocenters. The van der Waals surface area contributed by atoms with Crippen LogP contribution in [0.5, 0.6) is 0 Å². The molecule has 0 fully saturated rings. The summed E-state index contributed by atoms with van der Waals surface area (Å²) in [5, 5.41) is 12.3. The first-order chi connectivity index (χ1) is 13.5. The molecule has 1 amide bonds. The summed E-state index contributed by atoms with van der Waals surface area (Å²) in [5.74, 6) is -2.15. The van der Waals surface area contributed by atoms with Crippen LogP contribution in [-0.2, 0) is 4.79 Å². The van der Waals surface area contributed by atoms with E-state index in [0.717, 1.165) is 13.1 Å². The van der Waals surface area contributed by atoms with Crippen molar-refractivity contribution < 1.29 is 24.0 Å². The van der Waals surface area contributed by atoms with Crippen LogP contribution < -0.4 is 4.90 Å². The lowest BCUT2D eigenvalue weighted by molar-refractivity contribution is -0.895. The van der Waals surface area contributed by atoms with E-state index < -0.39 is 29.3 Å². The topological polar surface area (TPSA) is 62.1 Å². The molecule has 1 atom stereocenters.